The molecule has 2 aromatic rings. The SMILES string of the molecule is CC.CCc1ccc(OC)c2c1C(C)(CCN(CC1CC1)C(C)CCC(C)COCc1ccoc1)[C@H](COC)O2. The Balaban J connectivity index is 0.00000216. The summed E-state index contributed by atoms with van der Waals surface area (Å²) in [5.74, 6) is 3.14. The zero-order chi connectivity index (χ0) is 29.1. The fourth-order valence-corrected chi connectivity index (χ4v) is 5.94. The van der Waals surface area contributed by atoms with Crippen LogP contribution in [0.15, 0.2) is 35.1 Å². The molecule has 1 aliphatic heterocycles. The molecule has 0 bridgehead atoms. The predicted octanol–water partition coefficient (Wildman–Crippen LogP) is 7.67. The second-order valence-electron chi connectivity index (χ2n) is 11.8. The van der Waals surface area contributed by atoms with Gasteiger partial charge in [0.25, 0.3) is 0 Å². The van der Waals surface area contributed by atoms with Gasteiger partial charge < -0.3 is 28.3 Å². The van der Waals surface area contributed by atoms with Gasteiger partial charge in [0, 0.05) is 42.8 Å². The van der Waals surface area contributed by atoms with E-state index in [4.69, 9.17) is 23.4 Å². The van der Waals surface area contributed by atoms with Crippen molar-refractivity contribution >= 4 is 0 Å². The first-order valence-corrected chi connectivity index (χ1v) is 15.6. The monoisotopic (exact) mass is 557 g/mol. The van der Waals surface area contributed by atoms with Crippen molar-refractivity contribution in [2.75, 3.05) is 40.5 Å². The molecule has 1 aromatic carbocycles. The normalized spacial score (nSPS) is 21.4. The molecular formula is C34H55NO5. The summed E-state index contributed by atoms with van der Waals surface area (Å²) in [6.45, 7) is 17.6. The third-order valence-corrected chi connectivity index (χ3v) is 8.73. The molecule has 0 spiro atoms. The van der Waals surface area contributed by atoms with E-state index in [2.05, 4.69) is 44.7 Å². The quantitative estimate of drug-likeness (QED) is 0.199. The van der Waals surface area contributed by atoms with Crippen LogP contribution in [0.3, 0.4) is 0 Å². The largest absolute Gasteiger partial charge is 0.493 e. The van der Waals surface area contributed by atoms with Crippen molar-refractivity contribution < 1.29 is 23.4 Å². The average molecular weight is 558 g/mol. The standard InChI is InChI=1S/C32H49NO5.C2H6/c1-7-27-12-13-28(35-6)31-30(27)32(4,29(38-31)22-34-5)15-16-33(18-25-10-11-25)24(3)9-8-23(2)19-37-21-26-14-17-36-20-26;1-2/h12-14,17,20,23-25,29H,7-11,15-16,18-19,21-22H2,1-6H3;1-2H3/t23?,24?,29-,32?;/m0./s1. The minimum Gasteiger partial charge on any atom is -0.493 e. The Labute approximate surface area is 243 Å². The Morgan fingerprint density at radius 2 is 1.88 bits per heavy atom. The number of hydrogen-bond acceptors (Lipinski definition) is 6. The molecule has 6 nitrogen and oxygen atoms in total. The molecule has 6 heteroatoms. The number of furan rings is 1. The molecule has 2 aliphatic rings. The van der Waals surface area contributed by atoms with Gasteiger partial charge in [0.1, 0.15) is 6.10 Å². The molecular weight excluding hydrogens is 502 g/mol. The Morgan fingerprint density at radius 3 is 2.50 bits per heavy atom. The van der Waals surface area contributed by atoms with Crippen LogP contribution in [0.1, 0.15) is 90.3 Å². The molecule has 0 radical (unpaired) electrons. The fraction of sp³-hybridized carbons (Fsp3) is 0.706. The van der Waals surface area contributed by atoms with Gasteiger partial charge in [0.15, 0.2) is 11.5 Å². The van der Waals surface area contributed by atoms with E-state index in [0.717, 1.165) is 49.0 Å². The summed E-state index contributed by atoms with van der Waals surface area (Å²) in [7, 11) is 3.50. The highest BCUT2D eigenvalue weighted by Crippen LogP contribution is 2.51. The van der Waals surface area contributed by atoms with Gasteiger partial charge in [0.05, 0.1) is 32.8 Å². The van der Waals surface area contributed by atoms with E-state index >= 15 is 0 Å². The number of methoxy groups -OCH3 is 2. The van der Waals surface area contributed by atoms with E-state index in [1.54, 1.807) is 26.7 Å². The van der Waals surface area contributed by atoms with Gasteiger partial charge in [-0.05, 0) is 81.5 Å². The van der Waals surface area contributed by atoms with Crippen LogP contribution < -0.4 is 9.47 Å². The summed E-state index contributed by atoms with van der Waals surface area (Å²) in [5.41, 5.74) is 3.65. The number of aryl methyl sites for hydroxylation is 1. The maximum Gasteiger partial charge on any atom is 0.165 e. The number of benzene rings is 1. The van der Waals surface area contributed by atoms with Crippen LogP contribution >= 0.6 is 0 Å². The van der Waals surface area contributed by atoms with Crippen LogP contribution in [-0.4, -0.2) is 57.6 Å². The molecule has 2 heterocycles. The molecule has 0 amide bonds. The Kier molecular flexibility index (Phi) is 12.9. The van der Waals surface area contributed by atoms with Crippen molar-refractivity contribution in [3.8, 4) is 11.5 Å². The van der Waals surface area contributed by atoms with Crippen LogP contribution in [-0.2, 0) is 27.9 Å². The topological polar surface area (TPSA) is 53.3 Å². The van der Waals surface area contributed by atoms with E-state index in [0.29, 0.717) is 25.2 Å². The maximum absolute atomic E-state index is 6.57. The lowest BCUT2D eigenvalue weighted by Gasteiger charge is -2.36. The molecule has 1 saturated carbocycles. The van der Waals surface area contributed by atoms with Gasteiger partial charge in [-0.3, -0.25) is 0 Å². The lowest BCUT2D eigenvalue weighted by atomic mass is 9.73. The van der Waals surface area contributed by atoms with Crippen molar-refractivity contribution in [3.63, 3.8) is 0 Å². The highest BCUT2D eigenvalue weighted by atomic mass is 16.5. The molecule has 40 heavy (non-hydrogen) atoms. The summed E-state index contributed by atoms with van der Waals surface area (Å²) >= 11 is 0. The van der Waals surface area contributed by atoms with Crippen molar-refractivity contribution in [1.29, 1.82) is 0 Å². The summed E-state index contributed by atoms with van der Waals surface area (Å²) in [6, 6.07) is 6.77. The van der Waals surface area contributed by atoms with E-state index in [1.807, 2.05) is 19.9 Å². The van der Waals surface area contributed by atoms with Crippen molar-refractivity contribution in [2.45, 2.75) is 104 Å². The lowest BCUT2D eigenvalue weighted by molar-refractivity contribution is 0.0432. The molecule has 4 atom stereocenters. The van der Waals surface area contributed by atoms with Crippen molar-refractivity contribution in [1.82, 2.24) is 4.90 Å². The molecule has 1 aromatic heterocycles. The van der Waals surface area contributed by atoms with E-state index in [1.165, 1.54) is 43.4 Å². The van der Waals surface area contributed by atoms with Crippen molar-refractivity contribution in [3.05, 3.63) is 47.4 Å². The molecule has 226 valence electrons. The van der Waals surface area contributed by atoms with Crippen LogP contribution in [0.5, 0.6) is 11.5 Å². The summed E-state index contributed by atoms with van der Waals surface area (Å²) in [4.78, 5) is 2.75. The number of fused-ring (bicyclic) bond motifs is 1. The molecule has 0 saturated heterocycles. The van der Waals surface area contributed by atoms with Gasteiger partial charge in [-0.1, -0.05) is 40.7 Å². The zero-order valence-corrected chi connectivity index (χ0v) is 26.5. The number of hydrogen-bond donors (Lipinski definition) is 0. The van der Waals surface area contributed by atoms with Gasteiger partial charge in [-0.25, -0.2) is 0 Å². The highest BCUT2D eigenvalue weighted by molar-refractivity contribution is 5.58. The van der Waals surface area contributed by atoms with Gasteiger partial charge in [0.2, 0.25) is 0 Å². The van der Waals surface area contributed by atoms with Gasteiger partial charge in [-0.2, -0.15) is 0 Å². The first kappa shape index (κ1) is 32.5. The smallest absolute Gasteiger partial charge is 0.165 e. The molecule has 1 aliphatic carbocycles. The van der Waals surface area contributed by atoms with Crippen LogP contribution in [0.4, 0.5) is 0 Å². The Morgan fingerprint density at radius 1 is 1.10 bits per heavy atom. The van der Waals surface area contributed by atoms with Crippen molar-refractivity contribution in [2.24, 2.45) is 11.8 Å². The summed E-state index contributed by atoms with van der Waals surface area (Å²) in [5, 5.41) is 0. The average Bonchev–Trinajstić information content (AvgIpc) is 3.55. The van der Waals surface area contributed by atoms with E-state index in [9.17, 15) is 0 Å². The lowest BCUT2D eigenvalue weighted by Crippen LogP contribution is -2.44. The Bertz CT molecular complexity index is 988. The third kappa shape index (κ3) is 8.27. The molecule has 1 fully saturated rings. The fourth-order valence-electron chi connectivity index (χ4n) is 5.94. The minimum absolute atomic E-state index is 0.0189. The minimum atomic E-state index is -0.124. The van der Waals surface area contributed by atoms with Crippen LogP contribution in [0.2, 0.25) is 0 Å². The number of rotatable bonds is 17. The number of nitrogens with zero attached hydrogens (tertiary/aromatic N) is 1. The number of ether oxygens (including phenoxy) is 4. The Hall–Kier alpha value is -2.02. The van der Waals surface area contributed by atoms with Gasteiger partial charge >= 0.3 is 0 Å². The van der Waals surface area contributed by atoms with E-state index in [-0.39, 0.29) is 11.5 Å². The molecule has 0 N–H and O–H groups in total. The van der Waals surface area contributed by atoms with E-state index < -0.39 is 0 Å². The third-order valence-electron chi connectivity index (χ3n) is 8.73. The van der Waals surface area contributed by atoms with Crippen LogP contribution in [0, 0.1) is 11.8 Å². The molecule has 4 rings (SSSR count). The second-order valence-corrected chi connectivity index (χ2v) is 11.8. The summed E-state index contributed by atoms with van der Waals surface area (Å²) < 4.78 is 29.0. The van der Waals surface area contributed by atoms with Crippen LogP contribution in [0.25, 0.3) is 0 Å². The van der Waals surface area contributed by atoms with Gasteiger partial charge in [-0.15, -0.1) is 0 Å². The zero-order valence-electron chi connectivity index (χ0n) is 26.5. The first-order valence-electron chi connectivity index (χ1n) is 15.6. The molecule has 3 unspecified atom stereocenters. The predicted molar refractivity (Wildman–Crippen MR) is 163 cm³/mol. The maximum atomic E-state index is 6.57. The highest BCUT2D eigenvalue weighted by Gasteiger charge is 2.48. The first-order chi connectivity index (χ1) is 19.4. The summed E-state index contributed by atoms with van der Waals surface area (Å²) in [6.07, 6.45) is 10.5. The second kappa shape index (κ2) is 15.8.